The van der Waals surface area contributed by atoms with Gasteiger partial charge in [0.15, 0.2) is 0 Å². The van der Waals surface area contributed by atoms with Gasteiger partial charge in [0.25, 0.3) is 0 Å². The van der Waals surface area contributed by atoms with E-state index in [1.165, 1.54) is 6.42 Å². The van der Waals surface area contributed by atoms with Crippen molar-refractivity contribution in [3.8, 4) is 5.75 Å². The van der Waals surface area contributed by atoms with Crippen molar-refractivity contribution in [2.24, 2.45) is 5.92 Å². The molecule has 0 spiro atoms. The Balaban J connectivity index is 1.25. The molecule has 2 aliphatic rings. The van der Waals surface area contributed by atoms with Gasteiger partial charge in [-0.2, -0.15) is 0 Å². The average molecular weight is 443 g/mol. The molecule has 164 valence electrons. The molecule has 1 N–H and O–H groups in total. The number of halogens is 1. The Morgan fingerprint density at radius 3 is 2.32 bits per heavy atom. The maximum atomic E-state index is 12.5. The lowest BCUT2D eigenvalue weighted by Crippen LogP contribution is -2.49. The normalized spacial score (nSPS) is 17.3. The highest BCUT2D eigenvalue weighted by atomic mass is 35.5. The van der Waals surface area contributed by atoms with E-state index in [0.717, 1.165) is 37.2 Å². The van der Waals surface area contributed by atoms with Gasteiger partial charge in [0.2, 0.25) is 5.91 Å². The van der Waals surface area contributed by atoms with Crippen LogP contribution in [0.3, 0.4) is 0 Å². The lowest BCUT2D eigenvalue weighted by Gasteiger charge is -2.34. The van der Waals surface area contributed by atoms with Crippen molar-refractivity contribution in [3.05, 3.63) is 47.6 Å². The quantitative estimate of drug-likeness (QED) is 0.750. The molecule has 1 saturated heterocycles. The molecule has 4 rings (SSSR count). The summed E-state index contributed by atoms with van der Waals surface area (Å²) in [7, 11) is 0. The zero-order valence-electron chi connectivity index (χ0n) is 17.4. The van der Waals surface area contributed by atoms with Gasteiger partial charge in [-0.15, -0.1) is 0 Å². The first kappa shape index (κ1) is 21.4. The number of ether oxygens (including phenoxy) is 1. The highest BCUT2D eigenvalue weighted by Gasteiger charge is 2.24. The molecule has 1 aromatic heterocycles. The average Bonchev–Trinajstić information content (AvgIpc) is 2.81. The number of benzene rings is 1. The number of carbonyl (C=O) groups is 2. The van der Waals surface area contributed by atoms with Crippen LogP contribution in [0.2, 0.25) is 5.02 Å². The first-order valence-corrected chi connectivity index (χ1v) is 11.2. The Morgan fingerprint density at radius 2 is 1.68 bits per heavy atom. The van der Waals surface area contributed by atoms with Crippen molar-refractivity contribution in [1.82, 2.24) is 9.88 Å². The minimum absolute atomic E-state index is 0.0810. The van der Waals surface area contributed by atoms with E-state index in [4.69, 9.17) is 16.3 Å². The molecule has 1 aliphatic heterocycles. The molecule has 1 aromatic carbocycles. The van der Waals surface area contributed by atoms with Gasteiger partial charge in [0.05, 0.1) is 5.02 Å². The Labute approximate surface area is 187 Å². The topological polar surface area (TPSA) is 74.8 Å². The number of rotatable bonds is 4. The van der Waals surface area contributed by atoms with E-state index < -0.39 is 0 Å². The third kappa shape index (κ3) is 5.67. The van der Waals surface area contributed by atoms with Crippen molar-refractivity contribution in [2.75, 3.05) is 36.4 Å². The minimum Gasteiger partial charge on any atom is -0.410 e. The van der Waals surface area contributed by atoms with Crippen LogP contribution < -0.4 is 15.0 Å². The van der Waals surface area contributed by atoms with E-state index in [2.05, 4.69) is 15.2 Å². The molecule has 0 unspecified atom stereocenters. The molecular formula is C23H27ClN4O3. The predicted octanol–water partition coefficient (Wildman–Crippen LogP) is 4.57. The maximum absolute atomic E-state index is 12.5. The molecule has 1 aliphatic carbocycles. The fourth-order valence-electron chi connectivity index (χ4n) is 4.05. The molecule has 31 heavy (non-hydrogen) atoms. The number of nitrogens with zero attached hydrogens (tertiary/aromatic N) is 3. The highest BCUT2D eigenvalue weighted by Crippen LogP contribution is 2.25. The Morgan fingerprint density at radius 1 is 0.968 bits per heavy atom. The van der Waals surface area contributed by atoms with Gasteiger partial charge in [-0.3, -0.25) is 4.79 Å². The van der Waals surface area contributed by atoms with E-state index in [9.17, 15) is 9.59 Å². The van der Waals surface area contributed by atoms with E-state index in [0.29, 0.717) is 37.0 Å². The molecule has 0 radical (unpaired) electrons. The summed E-state index contributed by atoms with van der Waals surface area (Å²) in [6, 6.07) is 10.7. The summed E-state index contributed by atoms with van der Waals surface area (Å²) in [5.74, 6) is 1.50. The molecule has 2 fully saturated rings. The van der Waals surface area contributed by atoms with Crippen LogP contribution in [0.5, 0.6) is 5.75 Å². The lowest BCUT2D eigenvalue weighted by molar-refractivity contribution is -0.120. The van der Waals surface area contributed by atoms with Crippen LogP contribution >= 0.6 is 11.6 Å². The third-order valence-corrected chi connectivity index (χ3v) is 6.10. The molecule has 2 amide bonds. The first-order chi connectivity index (χ1) is 15.1. The fraction of sp³-hybridized carbons (Fsp3) is 0.435. The summed E-state index contributed by atoms with van der Waals surface area (Å²) in [5.41, 5.74) is 0.722. The summed E-state index contributed by atoms with van der Waals surface area (Å²) < 4.78 is 5.51. The number of amides is 2. The summed E-state index contributed by atoms with van der Waals surface area (Å²) in [5, 5.41) is 3.57. The zero-order valence-corrected chi connectivity index (χ0v) is 18.2. The van der Waals surface area contributed by atoms with Crippen LogP contribution in [0, 0.1) is 5.92 Å². The lowest BCUT2D eigenvalue weighted by atomic mass is 9.88. The molecule has 7 nitrogen and oxygen atoms in total. The van der Waals surface area contributed by atoms with Gasteiger partial charge in [-0.05, 0) is 49.2 Å². The number of hydrogen-bond acceptors (Lipinski definition) is 5. The Kier molecular flexibility index (Phi) is 6.92. The number of pyridine rings is 1. The van der Waals surface area contributed by atoms with E-state index in [1.807, 2.05) is 12.1 Å². The number of anilines is 2. The highest BCUT2D eigenvalue weighted by molar-refractivity contribution is 6.30. The van der Waals surface area contributed by atoms with Gasteiger partial charge < -0.3 is 19.9 Å². The molecular weight excluding hydrogens is 416 g/mol. The van der Waals surface area contributed by atoms with Crippen LogP contribution in [0.4, 0.5) is 16.3 Å². The second kappa shape index (κ2) is 10.0. The molecule has 0 atom stereocenters. The van der Waals surface area contributed by atoms with Crippen molar-refractivity contribution in [3.63, 3.8) is 0 Å². The van der Waals surface area contributed by atoms with Crippen LogP contribution in [-0.2, 0) is 4.79 Å². The smallest absolute Gasteiger partial charge is 0.410 e. The van der Waals surface area contributed by atoms with Gasteiger partial charge in [0.1, 0.15) is 11.6 Å². The fourth-order valence-corrected chi connectivity index (χ4v) is 4.17. The monoisotopic (exact) mass is 442 g/mol. The zero-order chi connectivity index (χ0) is 21.6. The maximum Gasteiger partial charge on any atom is 0.415 e. The summed E-state index contributed by atoms with van der Waals surface area (Å²) in [6.07, 6.45) is 6.64. The number of hydrogen-bond donors (Lipinski definition) is 1. The molecule has 1 saturated carbocycles. The van der Waals surface area contributed by atoms with Crippen LogP contribution in [0.25, 0.3) is 0 Å². The largest absolute Gasteiger partial charge is 0.415 e. The summed E-state index contributed by atoms with van der Waals surface area (Å²) in [6.45, 7) is 2.46. The van der Waals surface area contributed by atoms with E-state index >= 15 is 0 Å². The second-order valence-electron chi connectivity index (χ2n) is 8.03. The Bertz CT molecular complexity index is 890. The number of nitrogens with one attached hydrogen (secondary N) is 1. The molecule has 8 heteroatoms. The first-order valence-electron chi connectivity index (χ1n) is 10.8. The van der Waals surface area contributed by atoms with Crippen molar-refractivity contribution >= 4 is 35.1 Å². The molecule has 2 aromatic rings. The SMILES string of the molecule is O=C(Nc1ccc(OC(=O)N2CCN(c3ccc(Cl)cn3)CC2)cc1)C1CCCCC1. The molecule has 2 heterocycles. The van der Waals surface area contributed by atoms with E-state index in [-0.39, 0.29) is 17.9 Å². The number of aromatic nitrogens is 1. The standard InChI is InChI=1S/C23H27ClN4O3/c24-18-6-11-21(25-16-18)27-12-14-28(15-13-27)23(30)31-20-9-7-19(8-10-20)26-22(29)17-4-2-1-3-5-17/h6-11,16-17H,1-5,12-15H2,(H,26,29). The molecule has 0 bridgehead atoms. The third-order valence-electron chi connectivity index (χ3n) is 5.88. The predicted molar refractivity (Wildman–Crippen MR) is 121 cm³/mol. The van der Waals surface area contributed by atoms with Crippen LogP contribution in [0.15, 0.2) is 42.6 Å². The van der Waals surface area contributed by atoms with Crippen molar-refractivity contribution in [2.45, 2.75) is 32.1 Å². The second-order valence-corrected chi connectivity index (χ2v) is 8.46. The van der Waals surface area contributed by atoms with Crippen LogP contribution in [-0.4, -0.2) is 48.1 Å². The number of carbonyl (C=O) groups excluding carboxylic acids is 2. The van der Waals surface area contributed by atoms with E-state index in [1.54, 1.807) is 35.4 Å². The number of piperazine rings is 1. The Hall–Kier alpha value is -2.80. The van der Waals surface area contributed by atoms with Gasteiger partial charge in [-0.1, -0.05) is 30.9 Å². The van der Waals surface area contributed by atoms with Gasteiger partial charge >= 0.3 is 6.09 Å². The van der Waals surface area contributed by atoms with Crippen molar-refractivity contribution in [1.29, 1.82) is 0 Å². The summed E-state index contributed by atoms with van der Waals surface area (Å²) >= 11 is 5.89. The van der Waals surface area contributed by atoms with Crippen LogP contribution in [0.1, 0.15) is 32.1 Å². The minimum atomic E-state index is -0.372. The summed E-state index contributed by atoms with van der Waals surface area (Å²) in [4.78, 5) is 33.0. The van der Waals surface area contributed by atoms with Gasteiger partial charge in [0, 0.05) is 44.0 Å². The van der Waals surface area contributed by atoms with Crippen molar-refractivity contribution < 1.29 is 14.3 Å². The van der Waals surface area contributed by atoms with Gasteiger partial charge in [-0.25, -0.2) is 9.78 Å².